The Labute approximate surface area is 132 Å². The fraction of sp³-hybridized carbons (Fsp3) is 0.368. The van der Waals surface area contributed by atoms with E-state index in [0.717, 1.165) is 10.6 Å². The summed E-state index contributed by atoms with van der Waals surface area (Å²) >= 11 is 5.91. The van der Waals surface area contributed by atoms with Gasteiger partial charge in [-0.1, -0.05) is 41.4 Å². The molecule has 2 aromatic rings. The van der Waals surface area contributed by atoms with Crippen molar-refractivity contribution in [1.82, 2.24) is 0 Å². The molecule has 0 aliphatic rings. The maximum atomic E-state index is 10.8. The molecule has 0 bridgehead atoms. The highest BCUT2D eigenvalue weighted by Crippen LogP contribution is 2.25. The largest absolute Gasteiger partial charge is 0.389 e. The van der Waals surface area contributed by atoms with Crippen molar-refractivity contribution in [3.8, 4) is 0 Å². The minimum absolute atomic E-state index is 0.622. The summed E-state index contributed by atoms with van der Waals surface area (Å²) in [6.45, 7) is 8.25. The number of benzene rings is 2. The molecule has 2 rings (SSSR count). The molecule has 0 heterocycles. The molecule has 0 fully saturated rings. The van der Waals surface area contributed by atoms with Gasteiger partial charge in [0.05, 0.1) is 5.60 Å². The molecule has 21 heavy (non-hydrogen) atoms. The summed E-state index contributed by atoms with van der Waals surface area (Å²) in [6.07, 6.45) is 1.28. The lowest BCUT2D eigenvalue weighted by Gasteiger charge is -2.26. The molecule has 1 unspecified atom stereocenters. The van der Waals surface area contributed by atoms with E-state index in [0.29, 0.717) is 12.8 Å². The third-order valence-electron chi connectivity index (χ3n) is 3.90. The molecule has 1 N–H and O–H groups in total. The van der Waals surface area contributed by atoms with E-state index in [9.17, 15) is 5.11 Å². The lowest BCUT2D eigenvalue weighted by Crippen LogP contribution is -2.30. The average molecular weight is 303 g/mol. The molecule has 0 radical (unpaired) electrons. The Morgan fingerprint density at radius 3 is 2.00 bits per heavy atom. The first kappa shape index (κ1) is 16.1. The molecular weight excluding hydrogens is 280 g/mol. The van der Waals surface area contributed by atoms with Gasteiger partial charge >= 0.3 is 0 Å². The number of halogens is 1. The van der Waals surface area contributed by atoms with Gasteiger partial charge in [-0.15, -0.1) is 0 Å². The number of hydrogen-bond donors (Lipinski definition) is 1. The molecule has 0 spiro atoms. The highest BCUT2D eigenvalue weighted by atomic mass is 35.5. The van der Waals surface area contributed by atoms with Crippen LogP contribution in [-0.2, 0) is 12.8 Å². The quantitative estimate of drug-likeness (QED) is 0.860. The van der Waals surface area contributed by atoms with Gasteiger partial charge in [-0.25, -0.2) is 0 Å². The van der Waals surface area contributed by atoms with Gasteiger partial charge in [0.25, 0.3) is 0 Å². The van der Waals surface area contributed by atoms with E-state index in [1.807, 2.05) is 31.2 Å². The minimum Gasteiger partial charge on any atom is -0.389 e. The van der Waals surface area contributed by atoms with Crippen LogP contribution in [0.25, 0.3) is 0 Å². The Kier molecular flexibility index (Phi) is 4.75. The summed E-state index contributed by atoms with van der Waals surface area (Å²) < 4.78 is 0. The molecule has 0 saturated carbocycles. The van der Waals surface area contributed by atoms with Crippen LogP contribution in [0.1, 0.15) is 34.7 Å². The third-order valence-corrected chi connectivity index (χ3v) is 4.15. The molecule has 1 nitrogen and oxygen atoms in total. The van der Waals surface area contributed by atoms with Crippen LogP contribution in [0.4, 0.5) is 0 Å². The van der Waals surface area contributed by atoms with E-state index in [1.165, 1.54) is 22.3 Å². The topological polar surface area (TPSA) is 20.2 Å². The zero-order valence-electron chi connectivity index (χ0n) is 13.2. The van der Waals surface area contributed by atoms with E-state index in [-0.39, 0.29) is 0 Å². The number of rotatable bonds is 4. The predicted octanol–water partition coefficient (Wildman–Crippen LogP) is 4.80. The van der Waals surface area contributed by atoms with Crippen LogP contribution in [0.5, 0.6) is 0 Å². The van der Waals surface area contributed by atoms with Crippen molar-refractivity contribution in [2.75, 3.05) is 0 Å². The monoisotopic (exact) mass is 302 g/mol. The van der Waals surface area contributed by atoms with Gasteiger partial charge in [-0.3, -0.25) is 0 Å². The van der Waals surface area contributed by atoms with Gasteiger partial charge in [0.1, 0.15) is 0 Å². The van der Waals surface area contributed by atoms with E-state index in [4.69, 9.17) is 11.6 Å². The summed E-state index contributed by atoms with van der Waals surface area (Å²) in [5.41, 5.74) is 5.36. The molecule has 0 saturated heterocycles. The van der Waals surface area contributed by atoms with Crippen molar-refractivity contribution in [2.24, 2.45) is 0 Å². The highest BCUT2D eigenvalue weighted by molar-refractivity contribution is 6.30. The maximum absolute atomic E-state index is 10.8. The number of aliphatic hydroxyl groups is 1. The maximum Gasteiger partial charge on any atom is 0.0700 e. The van der Waals surface area contributed by atoms with Crippen molar-refractivity contribution in [2.45, 2.75) is 46.1 Å². The molecule has 1 atom stereocenters. The Morgan fingerprint density at radius 1 is 0.952 bits per heavy atom. The molecule has 0 aliphatic carbocycles. The lowest BCUT2D eigenvalue weighted by atomic mass is 9.86. The third kappa shape index (κ3) is 4.33. The van der Waals surface area contributed by atoms with Crippen molar-refractivity contribution in [1.29, 1.82) is 0 Å². The highest BCUT2D eigenvalue weighted by Gasteiger charge is 2.23. The predicted molar refractivity (Wildman–Crippen MR) is 90.1 cm³/mol. The van der Waals surface area contributed by atoms with Gasteiger partial charge in [0.15, 0.2) is 0 Å². The minimum atomic E-state index is -0.765. The fourth-order valence-corrected chi connectivity index (χ4v) is 3.10. The first-order valence-corrected chi connectivity index (χ1v) is 7.68. The second-order valence-electron chi connectivity index (χ2n) is 6.35. The van der Waals surface area contributed by atoms with E-state index >= 15 is 0 Å². The first-order chi connectivity index (χ1) is 9.77. The van der Waals surface area contributed by atoms with Crippen LogP contribution in [0.3, 0.4) is 0 Å². The standard InChI is InChI=1S/C19H23ClO/c1-13-9-14(2)18(15(3)10-13)12-19(4,21)11-16-5-7-17(20)8-6-16/h5-10,21H,11-12H2,1-4H3. The van der Waals surface area contributed by atoms with Crippen LogP contribution >= 0.6 is 11.6 Å². The fourth-order valence-electron chi connectivity index (χ4n) is 2.97. The van der Waals surface area contributed by atoms with Gasteiger partial charge < -0.3 is 5.11 Å². The summed E-state index contributed by atoms with van der Waals surface area (Å²) in [6, 6.07) is 12.1. The van der Waals surface area contributed by atoms with E-state index in [2.05, 4.69) is 32.9 Å². The summed E-state index contributed by atoms with van der Waals surface area (Å²) in [7, 11) is 0. The molecule has 112 valence electrons. The summed E-state index contributed by atoms with van der Waals surface area (Å²) in [4.78, 5) is 0. The van der Waals surface area contributed by atoms with Crippen LogP contribution in [-0.4, -0.2) is 10.7 Å². The second kappa shape index (κ2) is 6.21. The molecule has 0 amide bonds. The van der Waals surface area contributed by atoms with Gasteiger partial charge in [-0.2, -0.15) is 0 Å². The molecule has 2 heteroatoms. The van der Waals surface area contributed by atoms with Crippen molar-refractivity contribution in [3.63, 3.8) is 0 Å². The Hall–Kier alpha value is -1.31. The normalized spacial score (nSPS) is 14.0. The Morgan fingerprint density at radius 2 is 1.48 bits per heavy atom. The van der Waals surface area contributed by atoms with Crippen molar-refractivity contribution >= 4 is 11.6 Å². The molecule has 0 aliphatic heterocycles. The summed E-state index contributed by atoms with van der Waals surface area (Å²) in [5, 5.41) is 11.5. The molecule has 2 aromatic carbocycles. The number of aryl methyl sites for hydroxylation is 3. The van der Waals surface area contributed by atoms with Crippen LogP contribution in [0.15, 0.2) is 36.4 Å². The second-order valence-corrected chi connectivity index (χ2v) is 6.79. The van der Waals surface area contributed by atoms with Crippen LogP contribution in [0.2, 0.25) is 5.02 Å². The van der Waals surface area contributed by atoms with Gasteiger partial charge in [0, 0.05) is 17.9 Å². The molecule has 0 aromatic heterocycles. The molecular formula is C19H23ClO. The van der Waals surface area contributed by atoms with E-state index in [1.54, 1.807) is 0 Å². The average Bonchev–Trinajstić information content (AvgIpc) is 2.36. The van der Waals surface area contributed by atoms with Crippen LogP contribution < -0.4 is 0 Å². The first-order valence-electron chi connectivity index (χ1n) is 7.30. The lowest BCUT2D eigenvalue weighted by molar-refractivity contribution is 0.0605. The zero-order valence-corrected chi connectivity index (χ0v) is 14.0. The Bertz CT molecular complexity index is 604. The van der Waals surface area contributed by atoms with Gasteiger partial charge in [-0.05, 0) is 62.1 Å². The zero-order chi connectivity index (χ0) is 15.6. The van der Waals surface area contributed by atoms with Crippen molar-refractivity contribution in [3.05, 3.63) is 69.2 Å². The smallest absolute Gasteiger partial charge is 0.0700 e. The number of hydrogen-bond acceptors (Lipinski definition) is 1. The Balaban J connectivity index is 2.19. The van der Waals surface area contributed by atoms with E-state index < -0.39 is 5.60 Å². The van der Waals surface area contributed by atoms with Crippen LogP contribution in [0, 0.1) is 20.8 Å². The van der Waals surface area contributed by atoms with Crippen molar-refractivity contribution < 1.29 is 5.11 Å². The SMILES string of the molecule is Cc1cc(C)c(CC(C)(O)Cc2ccc(Cl)cc2)c(C)c1. The van der Waals surface area contributed by atoms with Gasteiger partial charge in [0.2, 0.25) is 0 Å². The summed E-state index contributed by atoms with van der Waals surface area (Å²) in [5.74, 6) is 0.